The first-order valence-electron chi connectivity index (χ1n) is 8.76. The zero-order valence-corrected chi connectivity index (χ0v) is 13.5. The van der Waals surface area contributed by atoms with Gasteiger partial charge in [0.05, 0.1) is 0 Å². The number of fused-ring (bicyclic) bond motifs is 3. The first-order chi connectivity index (χ1) is 11.9. The maximum Gasteiger partial charge on any atom is 0.196 e. The van der Waals surface area contributed by atoms with Crippen LogP contribution in [-0.4, -0.2) is 35.6 Å². The summed E-state index contributed by atoms with van der Waals surface area (Å²) in [6.45, 7) is 3.12. The standard InChI is InChI=1S/C18H21N5O/c1-2-4-15-13(3-1)16-17(24-15)18(20-11-19-16)23-9-6-12(7-10-23)14-5-8-21-22-14/h1-4,11-12,14,21-22H,5-10H2. The fraction of sp³-hybridized carbons (Fsp3) is 0.444. The number of furan rings is 1. The Balaban J connectivity index is 1.45. The molecule has 24 heavy (non-hydrogen) atoms. The Morgan fingerprint density at radius 2 is 1.96 bits per heavy atom. The van der Waals surface area contributed by atoms with Crippen molar-refractivity contribution in [1.29, 1.82) is 0 Å². The number of benzene rings is 1. The van der Waals surface area contributed by atoms with Crippen LogP contribution in [0.1, 0.15) is 19.3 Å². The lowest BCUT2D eigenvalue weighted by Gasteiger charge is -2.35. The van der Waals surface area contributed by atoms with E-state index in [1.165, 1.54) is 19.3 Å². The van der Waals surface area contributed by atoms with E-state index in [-0.39, 0.29) is 0 Å². The van der Waals surface area contributed by atoms with E-state index in [4.69, 9.17) is 4.42 Å². The minimum absolute atomic E-state index is 0.615. The minimum atomic E-state index is 0.615. The Labute approximate surface area is 140 Å². The molecule has 2 fully saturated rings. The summed E-state index contributed by atoms with van der Waals surface area (Å²) in [6, 6.07) is 8.68. The molecule has 1 aromatic carbocycles. The van der Waals surface area contributed by atoms with E-state index < -0.39 is 0 Å². The number of rotatable bonds is 2. The summed E-state index contributed by atoms with van der Waals surface area (Å²) in [5.74, 6) is 1.68. The van der Waals surface area contributed by atoms with E-state index in [9.17, 15) is 0 Å². The number of nitrogens with zero attached hydrogens (tertiary/aromatic N) is 3. The van der Waals surface area contributed by atoms with Crippen LogP contribution in [0.15, 0.2) is 35.0 Å². The van der Waals surface area contributed by atoms with Crippen LogP contribution in [0.4, 0.5) is 5.82 Å². The first-order valence-corrected chi connectivity index (χ1v) is 8.76. The molecule has 1 unspecified atom stereocenters. The van der Waals surface area contributed by atoms with Crippen molar-refractivity contribution in [3.63, 3.8) is 0 Å². The van der Waals surface area contributed by atoms with Crippen LogP contribution in [0.3, 0.4) is 0 Å². The maximum atomic E-state index is 6.07. The lowest BCUT2D eigenvalue weighted by atomic mass is 9.88. The number of hydrogen-bond donors (Lipinski definition) is 2. The summed E-state index contributed by atoms with van der Waals surface area (Å²) in [5, 5.41) is 1.06. The second kappa shape index (κ2) is 5.72. The second-order valence-corrected chi connectivity index (χ2v) is 6.76. The summed E-state index contributed by atoms with van der Waals surface area (Å²) in [4.78, 5) is 11.3. The second-order valence-electron chi connectivity index (χ2n) is 6.76. The van der Waals surface area contributed by atoms with Gasteiger partial charge in [0.1, 0.15) is 17.4 Å². The molecular weight excluding hydrogens is 302 g/mol. The fourth-order valence-electron chi connectivity index (χ4n) is 4.11. The third-order valence-electron chi connectivity index (χ3n) is 5.42. The van der Waals surface area contributed by atoms with Gasteiger partial charge in [0.2, 0.25) is 0 Å². The lowest BCUT2D eigenvalue weighted by Crippen LogP contribution is -2.43. The minimum Gasteiger partial charge on any atom is -0.450 e. The summed E-state index contributed by atoms with van der Waals surface area (Å²) in [6.07, 6.45) is 5.26. The number of aromatic nitrogens is 2. The molecule has 3 aromatic rings. The van der Waals surface area contributed by atoms with E-state index in [1.54, 1.807) is 6.33 Å². The molecule has 0 bridgehead atoms. The molecule has 0 spiro atoms. The van der Waals surface area contributed by atoms with Gasteiger partial charge in [0.25, 0.3) is 0 Å². The normalized spacial score (nSPS) is 22.7. The Kier molecular flexibility index (Phi) is 3.38. The van der Waals surface area contributed by atoms with Gasteiger partial charge in [-0.05, 0) is 37.3 Å². The van der Waals surface area contributed by atoms with Crippen molar-refractivity contribution in [2.75, 3.05) is 24.5 Å². The van der Waals surface area contributed by atoms with Gasteiger partial charge < -0.3 is 9.32 Å². The van der Waals surface area contributed by atoms with E-state index in [1.807, 2.05) is 18.2 Å². The molecule has 2 saturated heterocycles. The molecule has 0 saturated carbocycles. The predicted molar refractivity (Wildman–Crippen MR) is 93.8 cm³/mol. The molecule has 5 rings (SSSR count). The van der Waals surface area contributed by atoms with Gasteiger partial charge in [-0.1, -0.05) is 12.1 Å². The van der Waals surface area contributed by atoms with Crippen LogP contribution in [0.2, 0.25) is 0 Å². The topological polar surface area (TPSA) is 66.2 Å². The number of para-hydroxylation sites is 1. The Hall–Kier alpha value is -2.18. The van der Waals surface area contributed by atoms with E-state index in [0.29, 0.717) is 6.04 Å². The maximum absolute atomic E-state index is 6.07. The highest BCUT2D eigenvalue weighted by Crippen LogP contribution is 2.34. The van der Waals surface area contributed by atoms with Gasteiger partial charge >= 0.3 is 0 Å². The van der Waals surface area contributed by atoms with Gasteiger partial charge in [-0.3, -0.25) is 10.9 Å². The quantitative estimate of drug-likeness (QED) is 0.755. The number of anilines is 1. The van der Waals surface area contributed by atoms with E-state index in [2.05, 4.69) is 31.8 Å². The van der Waals surface area contributed by atoms with Crippen molar-refractivity contribution in [3.05, 3.63) is 30.6 Å². The number of nitrogens with one attached hydrogen (secondary N) is 2. The molecule has 124 valence electrons. The average molecular weight is 323 g/mol. The summed E-state index contributed by atoms with van der Waals surface area (Å²) < 4.78 is 6.07. The summed E-state index contributed by atoms with van der Waals surface area (Å²) in [5.41, 5.74) is 9.28. The Morgan fingerprint density at radius 1 is 1.08 bits per heavy atom. The molecule has 1 atom stereocenters. The summed E-state index contributed by atoms with van der Waals surface area (Å²) >= 11 is 0. The highest BCUT2D eigenvalue weighted by Gasteiger charge is 2.30. The Bertz CT molecular complexity index is 862. The molecule has 2 aliphatic heterocycles. The van der Waals surface area contributed by atoms with E-state index in [0.717, 1.165) is 53.4 Å². The largest absolute Gasteiger partial charge is 0.450 e. The molecular formula is C18H21N5O. The number of hydrazine groups is 1. The molecule has 2 N–H and O–H groups in total. The average Bonchev–Trinajstić information content (AvgIpc) is 3.29. The van der Waals surface area contributed by atoms with Gasteiger partial charge in [-0.2, -0.15) is 0 Å². The first kappa shape index (κ1) is 14.2. The van der Waals surface area contributed by atoms with Crippen LogP contribution >= 0.6 is 0 Å². The molecule has 0 amide bonds. The highest BCUT2D eigenvalue weighted by atomic mass is 16.3. The lowest BCUT2D eigenvalue weighted by molar-refractivity contribution is 0.310. The third kappa shape index (κ3) is 2.25. The zero-order valence-electron chi connectivity index (χ0n) is 13.5. The van der Waals surface area contributed by atoms with Crippen molar-refractivity contribution in [1.82, 2.24) is 20.8 Å². The number of piperidine rings is 1. The van der Waals surface area contributed by atoms with Gasteiger partial charge in [0.15, 0.2) is 11.4 Å². The van der Waals surface area contributed by atoms with E-state index >= 15 is 0 Å². The number of hydrogen-bond acceptors (Lipinski definition) is 6. The SMILES string of the molecule is c1ccc2c(c1)oc1c(N3CCC(C4CCNN4)CC3)ncnc12. The predicted octanol–water partition coefficient (Wildman–Crippen LogP) is 2.46. The molecule has 2 aromatic heterocycles. The Morgan fingerprint density at radius 3 is 2.79 bits per heavy atom. The van der Waals surface area contributed by atoms with Crippen LogP contribution in [0, 0.1) is 5.92 Å². The molecule has 0 radical (unpaired) electrons. The van der Waals surface area contributed by atoms with Crippen LogP contribution in [0.5, 0.6) is 0 Å². The van der Waals surface area contributed by atoms with Crippen molar-refractivity contribution in [2.24, 2.45) is 5.92 Å². The van der Waals surface area contributed by atoms with Crippen LogP contribution in [-0.2, 0) is 0 Å². The van der Waals surface area contributed by atoms with Gasteiger partial charge in [0, 0.05) is 31.1 Å². The molecule has 6 heteroatoms. The zero-order chi connectivity index (χ0) is 15.9. The van der Waals surface area contributed by atoms with Crippen molar-refractivity contribution < 1.29 is 4.42 Å². The summed E-state index contributed by atoms with van der Waals surface area (Å²) in [7, 11) is 0. The monoisotopic (exact) mass is 323 g/mol. The smallest absolute Gasteiger partial charge is 0.196 e. The molecule has 4 heterocycles. The third-order valence-corrected chi connectivity index (χ3v) is 5.42. The van der Waals surface area contributed by atoms with Crippen LogP contribution < -0.4 is 15.8 Å². The van der Waals surface area contributed by atoms with Crippen molar-refractivity contribution in [3.8, 4) is 0 Å². The molecule has 6 nitrogen and oxygen atoms in total. The van der Waals surface area contributed by atoms with Gasteiger partial charge in [-0.25, -0.2) is 9.97 Å². The van der Waals surface area contributed by atoms with Gasteiger partial charge in [-0.15, -0.1) is 0 Å². The highest BCUT2D eigenvalue weighted by molar-refractivity contribution is 6.05. The fourth-order valence-corrected chi connectivity index (χ4v) is 4.11. The van der Waals surface area contributed by atoms with Crippen molar-refractivity contribution in [2.45, 2.75) is 25.3 Å². The molecule has 2 aliphatic rings. The van der Waals surface area contributed by atoms with Crippen LogP contribution in [0.25, 0.3) is 22.1 Å². The van der Waals surface area contributed by atoms with Crippen molar-refractivity contribution >= 4 is 27.9 Å². The molecule has 0 aliphatic carbocycles.